The number of nitrogens with one attached hydrogen (secondary N) is 2. The van der Waals surface area contributed by atoms with E-state index in [1.54, 1.807) is 18.3 Å². The Bertz CT molecular complexity index is 393. The molecule has 80 valence electrons. The summed E-state index contributed by atoms with van der Waals surface area (Å²) < 4.78 is 0. The van der Waals surface area contributed by atoms with E-state index in [9.17, 15) is 9.59 Å². The van der Waals surface area contributed by atoms with Gasteiger partial charge in [0.15, 0.2) is 0 Å². The lowest BCUT2D eigenvalue weighted by atomic mass is 10.3. The standard InChI is InChI=1S/C10H12N2O3/c1-7(13)11-4-2-3-8-5-9(10(14)15)12-6-8/h2-3,5-6,12H,4H2,1H3,(H,11,13)(H,14,15). The summed E-state index contributed by atoms with van der Waals surface area (Å²) in [6.45, 7) is 1.87. The van der Waals surface area contributed by atoms with Crippen LogP contribution in [-0.4, -0.2) is 28.5 Å². The van der Waals surface area contributed by atoms with Gasteiger partial charge in [-0.3, -0.25) is 4.79 Å². The predicted molar refractivity (Wildman–Crippen MR) is 55.5 cm³/mol. The van der Waals surface area contributed by atoms with E-state index in [1.165, 1.54) is 13.0 Å². The minimum absolute atomic E-state index is 0.0973. The van der Waals surface area contributed by atoms with Crippen LogP contribution in [0.1, 0.15) is 23.0 Å². The summed E-state index contributed by atoms with van der Waals surface area (Å²) in [7, 11) is 0. The molecule has 15 heavy (non-hydrogen) atoms. The number of aromatic nitrogens is 1. The van der Waals surface area contributed by atoms with Gasteiger partial charge in [-0.05, 0) is 11.6 Å². The maximum absolute atomic E-state index is 10.5. The molecule has 3 N–H and O–H groups in total. The van der Waals surface area contributed by atoms with Crippen LogP contribution in [0.5, 0.6) is 0 Å². The fraction of sp³-hybridized carbons (Fsp3) is 0.200. The second kappa shape index (κ2) is 4.99. The van der Waals surface area contributed by atoms with Crippen molar-refractivity contribution in [2.75, 3.05) is 6.54 Å². The molecule has 1 rings (SSSR count). The van der Waals surface area contributed by atoms with E-state index in [-0.39, 0.29) is 11.6 Å². The molecule has 0 fully saturated rings. The lowest BCUT2D eigenvalue weighted by Gasteiger charge is -1.93. The van der Waals surface area contributed by atoms with Crippen molar-refractivity contribution in [3.05, 3.63) is 29.6 Å². The number of aromatic amines is 1. The number of carbonyl (C=O) groups excluding carboxylic acids is 1. The van der Waals surface area contributed by atoms with E-state index >= 15 is 0 Å². The van der Waals surface area contributed by atoms with E-state index in [1.807, 2.05) is 0 Å². The van der Waals surface area contributed by atoms with Crippen molar-refractivity contribution in [2.45, 2.75) is 6.92 Å². The van der Waals surface area contributed by atoms with Crippen LogP contribution in [0, 0.1) is 0 Å². The summed E-state index contributed by atoms with van der Waals surface area (Å²) in [4.78, 5) is 23.7. The van der Waals surface area contributed by atoms with Crippen LogP contribution in [0.4, 0.5) is 0 Å². The maximum atomic E-state index is 10.5. The zero-order valence-corrected chi connectivity index (χ0v) is 8.28. The van der Waals surface area contributed by atoms with E-state index < -0.39 is 5.97 Å². The highest BCUT2D eigenvalue weighted by atomic mass is 16.4. The SMILES string of the molecule is CC(=O)NCC=Cc1c[nH]c(C(=O)O)c1. The van der Waals surface area contributed by atoms with Crippen molar-refractivity contribution in [1.82, 2.24) is 10.3 Å². The van der Waals surface area contributed by atoms with Crippen molar-refractivity contribution in [1.29, 1.82) is 0 Å². The second-order valence-electron chi connectivity index (χ2n) is 2.99. The Morgan fingerprint density at radius 1 is 1.60 bits per heavy atom. The molecule has 0 saturated carbocycles. The molecule has 5 nitrogen and oxygen atoms in total. The van der Waals surface area contributed by atoms with Gasteiger partial charge in [0, 0.05) is 19.7 Å². The molecule has 0 aliphatic rings. The van der Waals surface area contributed by atoms with Crippen molar-refractivity contribution >= 4 is 18.0 Å². The Balaban J connectivity index is 2.50. The first kappa shape index (κ1) is 11.0. The largest absolute Gasteiger partial charge is 0.477 e. The molecular weight excluding hydrogens is 196 g/mol. The van der Waals surface area contributed by atoms with Crippen LogP contribution in [-0.2, 0) is 4.79 Å². The molecular formula is C10H12N2O3. The number of rotatable bonds is 4. The van der Waals surface area contributed by atoms with Gasteiger partial charge in [-0.2, -0.15) is 0 Å². The monoisotopic (exact) mass is 208 g/mol. The molecule has 5 heteroatoms. The average Bonchev–Trinajstić information content (AvgIpc) is 2.60. The van der Waals surface area contributed by atoms with E-state index in [4.69, 9.17) is 5.11 Å². The molecule has 1 aromatic heterocycles. The fourth-order valence-electron chi connectivity index (χ4n) is 1.03. The average molecular weight is 208 g/mol. The Morgan fingerprint density at radius 2 is 2.33 bits per heavy atom. The van der Waals surface area contributed by atoms with Crippen molar-refractivity contribution < 1.29 is 14.7 Å². The molecule has 1 amide bonds. The first-order valence-corrected chi connectivity index (χ1v) is 4.42. The van der Waals surface area contributed by atoms with Crippen molar-refractivity contribution in [2.24, 2.45) is 0 Å². The number of carboxylic acids is 1. The van der Waals surface area contributed by atoms with Crippen LogP contribution in [0.2, 0.25) is 0 Å². The quantitative estimate of drug-likeness (QED) is 0.686. The van der Waals surface area contributed by atoms with Crippen LogP contribution in [0.3, 0.4) is 0 Å². The Kier molecular flexibility index (Phi) is 3.68. The third-order valence-electron chi connectivity index (χ3n) is 1.71. The molecule has 0 bridgehead atoms. The van der Waals surface area contributed by atoms with Crippen molar-refractivity contribution in [3.8, 4) is 0 Å². The third-order valence-corrected chi connectivity index (χ3v) is 1.71. The number of amides is 1. The summed E-state index contributed by atoms with van der Waals surface area (Å²) in [5.41, 5.74) is 0.909. The van der Waals surface area contributed by atoms with Crippen LogP contribution >= 0.6 is 0 Å². The molecule has 0 saturated heterocycles. The number of aromatic carboxylic acids is 1. The molecule has 0 spiro atoms. The van der Waals surface area contributed by atoms with Crippen LogP contribution in [0.25, 0.3) is 6.08 Å². The highest BCUT2D eigenvalue weighted by molar-refractivity contribution is 5.86. The van der Waals surface area contributed by atoms with Crippen LogP contribution < -0.4 is 5.32 Å². The number of carboxylic acid groups (broad SMARTS) is 1. The van der Waals surface area contributed by atoms with Gasteiger partial charge in [0.2, 0.25) is 5.91 Å². The predicted octanol–water partition coefficient (Wildman–Crippen LogP) is 0.862. The fourth-order valence-corrected chi connectivity index (χ4v) is 1.03. The highest BCUT2D eigenvalue weighted by Gasteiger charge is 2.03. The first-order valence-electron chi connectivity index (χ1n) is 4.42. The summed E-state index contributed by atoms with van der Waals surface area (Å²) in [6, 6.07) is 1.52. The zero-order valence-electron chi connectivity index (χ0n) is 8.28. The van der Waals surface area contributed by atoms with Gasteiger partial charge in [0.05, 0.1) is 0 Å². The Labute approximate surface area is 86.8 Å². The smallest absolute Gasteiger partial charge is 0.352 e. The molecule has 0 aliphatic heterocycles. The molecule has 0 aromatic carbocycles. The number of H-pyrrole nitrogens is 1. The van der Waals surface area contributed by atoms with Crippen molar-refractivity contribution in [3.63, 3.8) is 0 Å². The third kappa shape index (κ3) is 3.68. The summed E-state index contributed by atoms with van der Waals surface area (Å²) >= 11 is 0. The Hall–Kier alpha value is -2.04. The topological polar surface area (TPSA) is 82.2 Å². The number of hydrogen-bond acceptors (Lipinski definition) is 2. The molecule has 0 radical (unpaired) electrons. The van der Waals surface area contributed by atoms with Gasteiger partial charge in [-0.15, -0.1) is 0 Å². The summed E-state index contributed by atoms with van der Waals surface area (Å²) in [5.74, 6) is -1.09. The first-order chi connectivity index (χ1) is 7.09. The maximum Gasteiger partial charge on any atom is 0.352 e. The molecule has 1 heterocycles. The molecule has 1 aromatic rings. The second-order valence-corrected chi connectivity index (χ2v) is 2.99. The molecule has 0 atom stereocenters. The minimum atomic E-state index is -0.989. The normalized spacial score (nSPS) is 10.5. The van der Waals surface area contributed by atoms with Crippen LogP contribution in [0.15, 0.2) is 18.3 Å². The van der Waals surface area contributed by atoms with E-state index in [2.05, 4.69) is 10.3 Å². The van der Waals surface area contributed by atoms with Gasteiger partial charge in [0.25, 0.3) is 0 Å². The van der Waals surface area contributed by atoms with Gasteiger partial charge in [-0.1, -0.05) is 12.2 Å². The van der Waals surface area contributed by atoms with Gasteiger partial charge in [-0.25, -0.2) is 4.79 Å². The number of hydrogen-bond donors (Lipinski definition) is 3. The van der Waals surface area contributed by atoms with Gasteiger partial charge >= 0.3 is 5.97 Å². The summed E-state index contributed by atoms with van der Waals surface area (Å²) in [6.07, 6.45) is 5.07. The minimum Gasteiger partial charge on any atom is -0.477 e. The highest BCUT2D eigenvalue weighted by Crippen LogP contribution is 2.04. The lowest BCUT2D eigenvalue weighted by molar-refractivity contribution is -0.118. The Morgan fingerprint density at radius 3 is 2.87 bits per heavy atom. The van der Waals surface area contributed by atoms with E-state index in [0.717, 1.165) is 5.56 Å². The summed E-state index contributed by atoms with van der Waals surface area (Å²) in [5, 5.41) is 11.2. The van der Waals surface area contributed by atoms with E-state index in [0.29, 0.717) is 6.54 Å². The lowest BCUT2D eigenvalue weighted by Crippen LogP contribution is -2.19. The zero-order chi connectivity index (χ0) is 11.3. The molecule has 0 aliphatic carbocycles. The molecule has 0 unspecified atom stereocenters. The van der Waals surface area contributed by atoms with Gasteiger partial charge < -0.3 is 15.4 Å². The van der Waals surface area contributed by atoms with Gasteiger partial charge in [0.1, 0.15) is 5.69 Å². The number of carbonyl (C=O) groups is 2.